The van der Waals surface area contributed by atoms with Crippen LogP contribution >= 0.6 is 15.9 Å². The van der Waals surface area contributed by atoms with E-state index < -0.39 is 0 Å². The summed E-state index contributed by atoms with van der Waals surface area (Å²) in [5.74, 6) is 0. The molecular weight excluding hydrogens is 308 g/mol. The van der Waals surface area contributed by atoms with Gasteiger partial charge in [-0.25, -0.2) is 0 Å². The average Bonchev–Trinajstić information content (AvgIpc) is 2.47. The molecule has 0 atom stereocenters. The summed E-state index contributed by atoms with van der Waals surface area (Å²) >= 11 is 3.37. The van der Waals surface area contributed by atoms with Gasteiger partial charge in [-0.1, -0.05) is 15.9 Å². The van der Waals surface area contributed by atoms with E-state index in [9.17, 15) is 0 Å². The number of methoxy groups -OCH3 is 1. The van der Waals surface area contributed by atoms with Crippen LogP contribution in [0.2, 0.25) is 0 Å². The lowest BCUT2D eigenvalue weighted by Crippen LogP contribution is -2.44. The van der Waals surface area contributed by atoms with E-state index in [-0.39, 0.29) is 5.60 Å². The molecule has 1 heterocycles. The molecule has 1 aliphatic heterocycles. The Morgan fingerprint density at radius 2 is 2.21 bits per heavy atom. The van der Waals surface area contributed by atoms with Crippen LogP contribution in [0.1, 0.15) is 18.4 Å². The maximum Gasteiger partial charge on any atom is 0.101 e. The fourth-order valence-corrected chi connectivity index (χ4v) is 2.58. The van der Waals surface area contributed by atoms with E-state index in [1.54, 1.807) is 7.11 Å². The molecule has 0 aromatic heterocycles. The Balaban J connectivity index is 2.07. The predicted octanol–water partition coefficient (Wildman–Crippen LogP) is 2.93. The van der Waals surface area contributed by atoms with Crippen LogP contribution in [0.5, 0.6) is 0 Å². The molecule has 0 spiro atoms. The summed E-state index contributed by atoms with van der Waals surface area (Å²) in [5, 5.41) is 12.5. The van der Waals surface area contributed by atoms with Crippen molar-refractivity contribution >= 4 is 21.6 Å². The van der Waals surface area contributed by atoms with E-state index in [1.165, 1.54) is 0 Å². The zero-order chi connectivity index (χ0) is 13.7. The molecule has 1 aliphatic rings. The zero-order valence-electron chi connectivity index (χ0n) is 10.9. The van der Waals surface area contributed by atoms with Gasteiger partial charge in [-0.3, -0.25) is 0 Å². The van der Waals surface area contributed by atoms with Gasteiger partial charge in [-0.2, -0.15) is 5.26 Å². The van der Waals surface area contributed by atoms with E-state index in [0.717, 1.165) is 36.2 Å². The van der Waals surface area contributed by atoms with Gasteiger partial charge < -0.3 is 14.8 Å². The van der Waals surface area contributed by atoms with Crippen molar-refractivity contribution in [2.24, 2.45) is 0 Å². The third-order valence-electron chi connectivity index (χ3n) is 3.54. The zero-order valence-corrected chi connectivity index (χ0v) is 12.5. The first-order valence-corrected chi connectivity index (χ1v) is 7.05. The Kier molecular flexibility index (Phi) is 4.81. The summed E-state index contributed by atoms with van der Waals surface area (Å²) in [6.45, 7) is 2.13. The molecule has 5 heteroatoms. The number of ether oxygens (including phenoxy) is 2. The molecule has 0 saturated carbocycles. The molecule has 0 radical (unpaired) electrons. The van der Waals surface area contributed by atoms with Crippen LogP contribution in [0.25, 0.3) is 0 Å². The van der Waals surface area contributed by atoms with Gasteiger partial charge >= 0.3 is 0 Å². The Morgan fingerprint density at radius 3 is 2.84 bits per heavy atom. The maximum atomic E-state index is 9.14. The second-order valence-electron chi connectivity index (χ2n) is 4.65. The van der Waals surface area contributed by atoms with Crippen molar-refractivity contribution in [1.29, 1.82) is 5.26 Å². The van der Waals surface area contributed by atoms with Crippen LogP contribution in [0.15, 0.2) is 22.7 Å². The monoisotopic (exact) mass is 324 g/mol. The predicted molar refractivity (Wildman–Crippen MR) is 77.1 cm³/mol. The van der Waals surface area contributed by atoms with Gasteiger partial charge in [0.1, 0.15) is 6.07 Å². The largest absolute Gasteiger partial charge is 0.381 e. The minimum Gasteiger partial charge on any atom is -0.381 e. The van der Waals surface area contributed by atoms with Gasteiger partial charge in [-0.15, -0.1) is 0 Å². The van der Waals surface area contributed by atoms with Crippen LogP contribution in [-0.2, 0) is 9.47 Å². The third kappa shape index (κ3) is 3.47. The number of halogens is 1. The van der Waals surface area contributed by atoms with Crippen LogP contribution in [0.3, 0.4) is 0 Å². The highest BCUT2D eigenvalue weighted by atomic mass is 79.9. The van der Waals surface area contributed by atoms with Gasteiger partial charge in [0.05, 0.1) is 16.9 Å². The highest BCUT2D eigenvalue weighted by Crippen LogP contribution is 2.26. The van der Waals surface area contributed by atoms with Crippen LogP contribution < -0.4 is 5.32 Å². The molecule has 0 aliphatic carbocycles. The Hall–Kier alpha value is -1.09. The number of anilines is 1. The van der Waals surface area contributed by atoms with Crippen LogP contribution in [-0.4, -0.2) is 32.5 Å². The van der Waals surface area contributed by atoms with Crippen molar-refractivity contribution in [3.05, 3.63) is 28.2 Å². The van der Waals surface area contributed by atoms with Crippen molar-refractivity contribution in [1.82, 2.24) is 0 Å². The SMILES string of the molecule is COC1(CNc2ccc(Br)cc2C#N)CCOCC1. The van der Waals surface area contributed by atoms with Gasteiger partial charge in [0.2, 0.25) is 0 Å². The Labute approximate surface area is 121 Å². The van der Waals surface area contributed by atoms with Crippen LogP contribution in [0.4, 0.5) is 5.69 Å². The molecule has 4 nitrogen and oxygen atoms in total. The van der Waals surface area contributed by atoms with E-state index >= 15 is 0 Å². The summed E-state index contributed by atoms with van der Waals surface area (Å²) in [6.07, 6.45) is 1.74. The molecule has 0 unspecified atom stereocenters. The van der Waals surface area contributed by atoms with E-state index in [0.29, 0.717) is 12.1 Å². The summed E-state index contributed by atoms with van der Waals surface area (Å²) in [7, 11) is 1.74. The van der Waals surface area contributed by atoms with E-state index in [2.05, 4.69) is 27.3 Å². The minimum absolute atomic E-state index is 0.196. The molecule has 0 bridgehead atoms. The van der Waals surface area contributed by atoms with Crippen molar-refractivity contribution in [2.75, 3.05) is 32.2 Å². The lowest BCUT2D eigenvalue weighted by Gasteiger charge is -2.36. The molecule has 1 fully saturated rings. The lowest BCUT2D eigenvalue weighted by molar-refractivity contribution is -0.0807. The fraction of sp³-hybridized carbons (Fsp3) is 0.500. The highest BCUT2D eigenvalue weighted by molar-refractivity contribution is 9.10. The number of nitrogens with zero attached hydrogens (tertiary/aromatic N) is 1. The van der Waals surface area contributed by atoms with Crippen molar-refractivity contribution in [2.45, 2.75) is 18.4 Å². The second-order valence-corrected chi connectivity index (χ2v) is 5.57. The third-order valence-corrected chi connectivity index (χ3v) is 4.03. The normalized spacial score (nSPS) is 17.7. The Morgan fingerprint density at radius 1 is 1.47 bits per heavy atom. The quantitative estimate of drug-likeness (QED) is 0.925. The number of hydrogen-bond acceptors (Lipinski definition) is 4. The van der Waals surface area contributed by atoms with Gasteiger partial charge in [0.25, 0.3) is 0 Å². The maximum absolute atomic E-state index is 9.14. The molecule has 1 saturated heterocycles. The second kappa shape index (κ2) is 6.38. The molecule has 1 aromatic carbocycles. The summed E-state index contributed by atoms with van der Waals surface area (Å²) in [4.78, 5) is 0. The van der Waals surface area contributed by atoms with Gasteiger partial charge in [0, 0.05) is 44.2 Å². The smallest absolute Gasteiger partial charge is 0.101 e. The summed E-state index contributed by atoms with van der Waals surface area (Å²) < 4.78 is 11.9. The molecule has 0 amide bonds. The molecular formula is C14H17BrN2O2. The highest BCUT2D eigenvalue weighted by Gasteiger charge is 2.32. The Bertz CT molecular complexity index is 479. The number of rotatable bonds is 4. The summed E-state index contributed by atoms with van der Waals surface area (Å²) in [5.41, 5.74) is 1.28. The first kappa shape index (κ1) is 14.3. The minimum atomic E-state index is -0.196. The lowest BCUT2D eigenvalue weighted by atomic mass is 9.94. The van der Waals surface area contributed by atoms with E-state index in [4.69, 9.17) is 14.7 Å². The topological polar surface area (TPSA) is 54.3 Å². The van der Waals surface area contributed by atoms with Crippen molar-refractivity contribution in [3.63, 3.8) is 0 Å². The first-order valence-electron chi connectivity index (χ1n) is 6.25. The number of nitrogens with one attached hydrogen (secondary N) is 1. The van der Waals surface area contributed by atoms with Gasteiger partial charge in [-0.05, 0) is 18.2 Å². The average molecular weight is 325 g/mol. The number of nitriles is 1. The molecule has 2 rings (SSSR count). The molecule has 19 heavy (non-hydrogen) atoms. The van der Waals surface area contributed by atoms with Gasteiger partial charge in [0.15, 0.2) is 0 Å². The first-order chi connectivity index (χ1) is 9.19. The number of benzene rings is 1. The van der Waals surface area contributed by atoms with Crippen molar-refractivity contribution < 1.29 is 9.47 Å². The van der Waals surface area contributed by atoms with Crippen LogP contribution in [0, 0.1) is 11.3 Å². The number of hydrogen-bond donors (Lipinski definition) is 1. The molecule has 1 N–H and O–H groups in total. The summed E-state index contributed by atoms with van der Waals surface area (Å²) in [6, 6.07) is 7.84. The van der Waals surface area contributed by atoms with Crippen molar-refractivity contribution in [3.8, 4) is 6.07 Å². The standard InChI is InChI=1S/C14H17BrN2O2/c1-18-14(4-6-19-7-5-14)10-17-13-3-2-12(15)8-11(13)9-16/h2-3,8,17H,4-7,10H2,1H3. The molecule has 102 valence electrons. The van der Waals surface area contributed by atoms with E-state index in [1.807, 2.05) is 18.2 Å². The fourth-order valence-electron chi connectivity index (χ4n) is 2.22. The molecule has 1 aromatic rings.